The molecule has 1 rings (SSSR count). The summed E-state index contributed by atoms with van der Waals surface area (Å²) in [5, 5.41) is 1.44. The third kappa shape index (κ3) is 1.02. The Hall–Kier alpha value is 0.140. The Morgan fingerprint density at radius 1 is 1.57 bits per heavy atom. The fourth-order valence-electron chi connectivity index (χ4n) is 0.337. The lowest BCUT2D eigenvalue weighted by Crippen LogP contribution is -1.66. The normalized spacial score (nSPS) is 11.7. The second kappa shape index (κ2) is 1.94. The summed E-state index contributed by atoms with van der Waals surface area (Å²) in [6.07, 6.45) is 0. The summed E-state index contributed by atoms with van der Waals surface area (Å²) < 4.78 is 4.21. The van der Waals surface area contributed by atoms with Gasteiger partial charge in [0, 0.05) is 11.0 Å². The van der Waals surface area contributed by atoms with Gasteiger partial charge in [-0.25, -0.2) is 4.75 Å². The molecule has 0 amide bonds. The maximum absolute atomic E-state index is 4.21. The highest BCUT2D eigenvalue weighted by Crippen LogP contribution is 2.25. The predicted octanol–water partition coefficient (Wildman–Crippen LogP) is 2.31. The fourth-order valence-corrected chi connectivity index (χ4v) is 2.70. The Balaban J connectivity index is 3.12. The van der Waals surface area contributed by atoms with Crippen molar-refractivity contribution in [1.82, 2.24) is 4.75 Å². The van der Waals surface area contributed by atoms with E-state index in [4.69, 9.17) is 0 Å². The first-order valence-electron chi connectivity index (χ1n) is 2.14. The van der Waals surface area contributed by atoms with Crippen LogP contribution in [0.4, 0.5) is 0 Å². The standard InChI is InChI=1S/C4H7NP2/c1-3-4(2)6-7-5-3/h7H,1-2H3. The Morgan fingerprint density at radius 2 is 2.29 bits per heavy atom. The van der Waals surface area contributed by atoms with Crippen LogP contribution in [0.25, 0.3) is 0 Å². The van der Waals surface area contributed by atoms with Crippen molar-refractivity contribution in [1.29, 1.82) is 0 Å². The highest BCUT2D eigenvalue weighted by Gasteiger charge is 1.88. The predicted molar refractivity (Wildman–Crippen MR) is 35.7 cm³/mol. The maximum atomic E-state index is 4.21. The SMILES string of the molecule is Cc1n[pH]pc1C. The molecule has 0 spiro atoms. The largest absolute Gasteiger partial charge is 0.241 e. The first-order chi connectivity index (χ1) is 3.30. The average Bonchev–Trinajstić information content (AvgIpc) is 1.91. The zero-order valence-electron chi connectivity index (χ0n) is 4.39. The maximum Gasteiger partial charge on any atom is 0.0493 e. The van der Waals surface area contributed by atoms with Gasteiger partial charge in [0.05, 0.1) is 0 Å². The van der Waals surface area contributed by atoms with Gasteiger partial charge in [0.2, 0.25) is 0 Å². The average molecular weight is 131 g/mol. The van der Waals surface area contributed by atoms with Crippen molar-refractivity contribution in [2.45, 2.75) is 13.8 Å². The van der Waals surface area contributed by atoms with Crippen LogP contribution >= 0.6 is 15.9 Å². The van der Waals surface area contributed by atoms with Gasteiger partial charge in [0.25, 0.3) is 0 Å². The zero-order chi connectivity index (χ0) is 5.28. The number of rotatable bonds is 0. The van der Waals surface area contributed by atoms with E-state index in [0.29, 0.717) is 0 Å². The Kier molecular flexibility index (Phi) is 1.46. The van der Waals surface area contributed by atoms with Crippen molar-refractivity contribution in [3.8, 4) is 0 Å². The Morgan fingerprint density at radius 3 is 2.43 bits per heavy atom. The van der Waals surface area contributed by atoms with E-state index in [1.165, 1.54) is 18.9 Å². The van der Waals surface area contributed by atoms with Crippen molar-refractivity contribution in [2.75, 3.05) is 0 Å². The number of hydrogen-bond acceptors (Lipinski definition) is 1. The van der Waals surface area contributed by atoms with Crippen LogP contribution in [0.1, 0.15) is 11.0 Å². The molecule has 38 valence electrons. The summed E-state index contributed by atoms with van der Waals surface area (Å²) in [6.45, 7) is 4.21. The van der Waals surface area contributed by atoms with Crippen LogP contribution in [-0.4, -0.2) is 4.75 Å². The molecular formula is C4H7NP2. The first-order valence-corrected chi connectivity index (χ1v) is 4.83. The summed E-state index contributed by atoms with van der Waals surface area (Å²) in [7, 11) is 2.22. The topological polar surface area (TPSA) is 12.9 Å². The number of hydrogen-bond donors (Lipinski definition) is 0. The molecule has 7 heavy (non-hydrogen) atoms. The molecule has 0 aromatic carbocycles. The molecule has 0 bridgehead atoms. The van der Waals surface area contributed by atoms with E-state index in [-0.39, 0.29) is 0 Å². The van der Waals surface area contributed by atoms with Crippen LogP contribution in [0.5, 0.6) is 0 Å². The molecule has 1 unspecified atom stereocenters. The minimum atomic E-state index is 0.792. The molecule has 0 saturated carbocycles. The van der Waals surface area contributed by atoms with E-state index in [1.807, 2.05) is 0 Å². The lowest BCUT2D eigenvalue weighted by atomic mass is 10.4. The highest BCUT2D eigenvalue weighted by atomic mass is 31.8. The first kappa shape index (κ1) is 5.28. The highest BCUT2D eigenvalue weighted by molar-refractivity contribution is 7.89. The summed E-state index contributed by atoms with van der Waals surface area (Å²) in [5.41, 5.74) is 1.25. The molecule has 0 radical (unpaired) electrons. The van der Waals surface area contributed by atoms with Crippen LogP contribution < -0.4 is 0 Å². The lowest BCUT2D eigenvalue weighted by molar-refractivity contribution is 1.29. The Bertz CT molecular complexity index is 142. The molecule has 0 fully saturated rings. The summed E-state index contributed by atoms with van der Waals surface area (Å²) in [4.78, 5) is 0. The molecule has 1 aromatic rings. The second-order valence-electron chi connectivity index (χ2n) is 1.49. The van der Waals surface area contributed by atoms with Crippen LogP contribution in [0, 0.1) is 13.8 Å². The lowest BCUT2D eigenvalue weighted by Gasteiger charge is -1.77. The van der Waals surface area contributed by atoms with E-state index in [0.717, 1.165) is 8.03 Å². The number of aryl methyl sites for hydroxylation is 2. The molecule has 0 aliphatic carbocycles. The van der Waals surface area contributed by atoms with Crippen LogP contribution in [0.15, 0.2) is 0 Å². The van der Waals surface area contributed by atoms with E-state index < -0.39 is 0 Å². The van der Waals surface area contributed by atoms with E-state index in [9.17, 15) is 0 Å². The Labute approximate surface area is 46.3 Å². The fraction of sp³-hybridized carbons (Fsp3) is 0.500. The van der Waals surface area contributed by atoms with Crippen molar-refractivity contribution in [3.63, 3.8) is 0 Å². The monoisotopic (exact) mass is 131 g/mol. The van der Waals surface area contributed by atoms with E-state index >= 15 is 0 Å². The van der Waals surface area contributed by atoms with Gasteiger partial charge in [-0.3, -0.25) is 0 Å². The van der Waals surface area contributed by atoms with Gasteiger partial charge in [-0.15, -0.1) is 0 Å². The van der Waals surface area contributed by atoms with Gasteiger partial charge in [-0.05, 0) is 29.7 Å². The molecule has 0 aliphatic rings. The molecule has 1 heterocycles. The molecule has 3 heteroatoms. The van der Waals surface area contributed by atoms with Crippen molar-refractivity contribution < 1.29 is 0 Å². The van der Waals surface area contributed by atoms with Gasteiger partial charge < -0.3 is 0 Å². The molecule has 0 saturated heterocycles. The van der Waals surface area contributed by atoms with E-state index in [1.54, 1.807) is 0 Å². The molecule has 1 atom stereocenters. The smallest absolute Gasteiger partial charge is 0.0493 e. The number of aromatic nitrogens is 1. The minimum absolute atomic E-state index is 0.792. The third-order valence-electron chi connectivity index (χ3n) is 0.959. The van der Waals surface area contributed by atoms with Crippen molar-refractivity contribution in [3.05, 3.63) is 11.0 Å². The quantitative estimate of drug-likeness (QED) is 0.526. The minimum Gasteiger partial charge on any atom is -0.241 e. The molecule has 1 nitrogen and oxygen atoms in total. The van der Waals surface area contributed by atoms with Crippen molar-refractivity contribution >= 4 is 15.9 Å². The van der Waals surface area contributed by atoms with Crippen LogP contribution in [-0.2, 0) is 0 Å². The van der Waals surface area contributed by atoms with Gasteiger partial charge >= 0.3 is 0 Å². The van der Waals surface area contributed by atoms with Gasteiger partial charge in [0.1, 0.15) is 0 Å². The van der Waals surface area contributed by atoms with Gasteiger partial charge in [-0.2, -0.15) is 0 Å². The summed E-state index contributed by atoms with van der Waals surface area (Å²) in [5.74, 6) is 0. The molecule has 1 aromatic heterocycles. The van der Waals surface area contributed by atoms with Crippen molar-refractivity contribution in [2.24, 2.45) is 0 Å². The summed E-state index contributed by atoms with van der Waals surface area (Å²) in [6, 6.07) is 0. The zero-order valence-corrected chi connectivity index (χ0v) is 6.29. The summed E-state index contributed by atoms with van der Waals surface area (Å²) >= 11 is 0. The molecule has 0 aliphatic heterocycles. The van der Waals surface area contributed by atoms with Crippen LogP contribution in [0.3, 0.4) is 0 Å². The van der Waals surface area contributed by atoms with Gasteiger partial charge in [0.15, 0.2) is 0 Å². The second-order valence-corrected chi connectivity index (χ2v) is 4.08. The molecular weight excluding hydrogens is 124 g/mol. The van der Waals surface area contributed by atoms with Crippen LogP contribution in [0.2, 0.25) is 0 Å². The number of nitrogens with zero attached hydrogens (tertiary/aromatic N) is 1. The third-order valence-corrected chi connectivity index (χ3v) is 3.76. The van der Waals surface area contributed by atoms with Gasteiger partial charge in [-0.1, -0.05) is 0 Å². The molecule has 0 N–H and O–H groups in total. The van der Waals surface area contributed by atoms with E-state index in [2.05, 4.69) is 18.6 Å².